The molecule has 0 aromatic rings. The number of nitrogens with zero attached hydrogens (tertiary/aromatic N) is 1. The molecule has 0 radical (unpaired) electrons. The van der Waals surface area contributed by atoms with Crippen LogP contribution in [0.2, 0.25) is 0 Å². The second-order valence-corrected chi connectivity index (χ2v) is 7.31. The van der Waals surface area contributed by atoms with Gasteiger partial charge in [0.15, 0.2) is 0 Å². The summed E-state index contributed by atoms with van der Waals surface area (Å²) in [6, 6.07) is -1.74. The minimum atomic E-state index is -3.45. The first kappa shape index (κ1) is 17.9. The van der Waals surface area contributed by atoms with Gasteiger partial charge in [-0.1, -0.05) is 20.3 Å². The van der Waals surface area contributed by atoms with E-state index in [4.69, 9.17) is 5.11 Å². The van der Waals surface area contributed by atoms with E-state index in [2.05, 4.69) is 5.32 Å². The number of hydrogen-bond acceptors (Lipinski definition) is 4. The summed E-state index contributed by atoms with van der Waals surface area (Å²) < 4.78 is 25.5. The third kappa shape index (κ3) is 4.67. The molecule has 1 rings (SSSR count). The topological polar surface area (TPSA) is 104 Å². The highest BCUT2D eigenvalue weighted by molar-refractivity contribution is 7.89. The lowest BCUT2D eigenvalue weighted by Crippen LogP contribution is -2.51. The molecule has 0 aromatic carbocycles. The summed E-state index contributed by atoms with van der Waals surface area (Å²) in [4.78, 5) is 23.3. The number of rotatable bonds is 8. The Bertz CT molecular complexity index is 477. The second kappa shape index (κ2) is 7.74. The maximum Gasteiger partial charge on any atom is 0.326 e. The van der Waals surface area contributed by atoms with Crippen molar-refractivity contribution in [2.24, 2.45) is 0 Å². The summed E-state index contributed by atoms with van der Waals surface area (Å²) in [6.45, 7) is 3.92. The van der Waals surface area contributed by atoms with Crippen LogP contribution in [0.15, 0.2) is 0 Å². The average Bonchev–Trinajstić information content (AvgIpc) is 2.88. The van der Waals surface area contributed by atoms with Crippen LogP contribution in [0.4, 0.5) is 0 Å². The van der Waals surface area contributed by atoms with Crippen molar-refractivity contribution >= 4 is 21.9 Å². The zero-order chi connectivity index (χ0) is 16.0. The van der Waals surface area contributed by atoms with Gasteiger partial charge >= 0.3 is 5.97 Å². The lowest BCUT2D eigenvalue weighted by Gasteiger charge is -2.24. The Morgan fingerprint density at radius 2 is 2.00 bits per heavy atom. The number of aliphatic carboxylic acids is 1. The van der Waals surface area contributed by atoms with Gasteiger partial charge in [-0.3, -0.25) is 4.79 Å². The SMILES string of the molecule is CCC[C@@H](NC(=O)C1CCCN1S(=O)(=O)CCC)C(=O)O. The van der Waals surface area contributed by atoms with Gasteiger partial charge in [0.25, 0.3) is 0 Å². The van der Waals surface area contributed by atoms with Crippen molar-refractivity contribution in [3.05, 3.63) is 0 Å². The Kier molecular flexibility index (Phi) is 6.60. The summed E-state index contributed by atoms with van der Waals surface area (Å²) >= 11 is 0. The number of carboxylic acid groups (broad SMARTS) is 1. The molecule has 1 aliphatic rings. The van der Waals surface area contributed by atoms with Crippen LogP contribution in [0.1, 0.15) is 46.0 Å². The van der Waals surface area contributed by atoms with Crippen LogP contribution in [0.3, 0.4) is 0 Å². The minimum absolute atomic E-state index is 0.00803. The molecule has 0 aromatic heterocycles. The van der Waals surface area contributed by atoms with E-state index in [-0.39, 0.29) is 5.75 Å². The molecule has 2 N–H and O–H groups in total. The zero-order valence-corrected chi connectivity index (χ0v) is 13.4. The molecule has 1 unspecified atom stereocenters. The van der Waals surface area contributed by atoms with Gasteiger partial charge in [0, 0.05) is 6.54 Å². The first-order valence-electron chi connectivity index (χ1n) is 7.36. The zero-order valence-electron chi connectivity index (χ0n) is 12.5. The summed E-state index contributed by atoms with van der Waals surface area (Å²) in [5.41, 5.74) is 0. The summed E-state index contributed by atoms with van der Waals surface area (Å²) in [5.74, 6) is -1.59. The van der Waals surface area contributed by atoms with Crippen molar-refractivity contribution in [3.8, 4) is 0 Å². The van der Waals surface area contributed by atoms with E-state index >= 15 is 0 Å². The minimum Gasteiger partial charge on any atom is -0.480 e. The fourth-order valence-corrected chi connectivity index (χ4v) is 4.27. The van der Waals surface area contributed by atoms with Gasteiger partial charge in [0.1, 0.15) is 12.1 Å². The van der Waals surface area contributed by atoms with Crippen LogP contribution in [0, 0.1) is 0 Å². The molecule has 7 nitrogen and oxygen atoms in total. The lowest BCUT2D eigenvalue weighted by atomic mass is 10.1. The molecule has 8 heteroatoms. The molecule has 0 bridgehead atoms. The third-order valence-electron chi connectivity index (χ3n) is 3.52. The lowest BCUT2D eigenvalue weighted by molar-refractivity contribution is -0.142. The largest absolute Gasteiger partial charge is 0.480 e. The molecule has 1 amide bonds. The molecule has 0 aliphatic carbocycles. The van der Waals surface area contributed by atoms with E-state index in [0.29, 0.717) is 38.6 Å². The molecule has 1 fully saturated rings. The molecule has 1 aliphatic heterocycles. The smallest absolute Gasteiger partial charge is 0.326 e. The van der Waals surface area contributed by atoms with Gasteiger partial charge in [0.05, 0.1) is 5.75 Å². The highest BCUT2D eigenvalue weighted by atomic mass is 32.2. The Hall–Kier alpha value is -1.15. The van der Waals surface area contributed by atoms with Crippen molar-refractivity contribution in [2.75, 3.05) is 12.3 Å². The highest BCUT2D eigenvalue weighted by Crippen LogP contribution is 2.22. The normalized spacial score (nSPS) is 21.1. The van der Waals surface area contributed by atoms with Crippen LogP contribution < -0.4 is 5.32 Å². The van der Waals surface area contributed by atoms with E-state index < -0.39 is 34.0 Å². The van der Waals surface area contributed by atoms with Gasteiger partial charge in [-0.05, 0) is 25.7 Å². The molecule has 21 heavy (non-hydrogen) atoms. The molecular weight excluding hydrogens is 296 g/mol. The van der Waals surface area contributed by atoms with Crippen molar-refractivity contribution in [2.45, 2.75) is 58.0 Å². The maximum atomic E-state index is 12.2. The summed E-state index contributed by atoms with van der Waals surface area (Å²) in [6.07, 6.45) is 2.50. The van der Waals surface area contributed by atoms with E-state index in [0.717, 1.165) is 0 Å². The number of nitrogens with one attached hydrogen (secondary N) is 1. The number of sulfonamides is 1. The fourth-order valence-electron chi connectivity index (χ4n) is 2.52. The average molecular weight is 320 g/mol. The van der Waals surface area contributed by atoms with Crippen molar-refractivity contribution in [1.82, 2.24) is 9.62 Å². The fraction of sp³-hybridized carbons (Fsp3) is 0.846. The first-order valence-corrected chi connectivity index (χ1v) is 8.97. The first-order chi connectivity index (χ1) is 9.83. The predicted molar refractivity (Wildman–Crippen MR) is 78.3 cm³/mol. The molecule has 0 spiro atoms. The van der Waals surface area contributed by atoms with Crippen LogP contribution >= 0.6 is 0 Å². The van der Waals surface area contributed by atoms with Crippen LogP contribution in [0.25, 0.3) is 0 Å². The standard InChI is InChI=1S/C13H24N2O5S/c1-3-6-10(13(17)18)14-12(16)11-7-5-8-15(11)21(19,20)9-4-2/h10-11H,3-9H2,1-2H3,(H,14,16)(H,17,18)/t10-,11?/m1/s1. The van der Waals surface area contributed by atoms with Crippen LogP contribution in [-0.2, 0) is 19.6 Å². The molecule has 122 valence electrons. The number of carbonyl (C=O) groups is 2. The quantitative estimate of drug-likeness (QED) is 0.680. The number of hydrogen-bond donors (Lipinski definition) is 2. The van der Waals surface area contributed by atoms with E-state index in [1.165, 1.54) is 4.31 Å². The number of carboxylic acids is 1. The van der Waals surface area contributed by atoms with Crippen molar-refractivity contribution < 1.29 is 23.1 Å². The van der Waals surface area contributed by atoms with Gasteiger partial charge in [-0.15, -0.1) is 0 Å². The van der Waals surface area contributed by atoms with Crippen LogP contribution in [-0.4, -0.2) is 54.1 Å². The predicted octanol–water partition coefficient (Wildman–Crippen LogP) is 0.560. The van der Waals surface area contributed by atoms with E-state index in [1.807, 2.05) is 6.92 Å². The Balaban J connectivity index is 2.78. The molecular formula is C13H24N2O5S. The van der Waals surface area contributed by atoms with Crippen molar-refractivity contribution in [1.29, 1.82) is 0 Å². The maximum absolute atomic E-state index is 12.2. The van der Waals surface area contributed by atoms with Gasteiger partial charge < -0.3 is 10.4 Å². The van der Waals surface area contributed by atoms with Gasteiger partial charge in [-0.2, -0.15) is 4.31 Å². The number of carbonyl (C=O) groups excluding carboxylic acids is 1. The highest BCUT2D eigenvalue weighted by Gasteiger charge is 2.39. The monoisotopic (exact) mass is 320 g/mol. The van der Waals surface area contributed by atoms with E-state index in [1.54, 1.807) is 6.92 Å². The Labute approximate surface area is 125 Å². The molecule has 2 atom stereocenters. The molecule has 1 saturated heterocycles. The molecule has 1 heterocycles. The number of amides is 1. The second-order valence-electron chi connectivity index (χ2n) is 5.27. The molecule has 0 saturated carbocycles. The van der Waals surface area contributed by atoms with Crippen molar-refractivity contribution in [3.63, 3.8) is 0 Å². The Morgan fingerprint density at radius 1 is 1.33 bits per heavy atom. The van der Waals surface area contributed by atoms with E-state index in [9.17, 15) is 18.0 Å². The van der Waals surface area contributed by atoms with Gasteiger partial charge in [0.2, 0.25) is 15.9 Å². The summed E-state index contributed by atoms with van der Waals surface area (Å²) in [7, 11) is -3.45. The van der Waals surface area contributed by atoms with Gasteiger partial charge in [-0.25, -0.2) is 13.2 Å². The summed E-state index contributed by atoms with van der Waals surface area (Å²) in [5, 5.41) is 11.5. The Morgan fingerprint density at radius 3 is 2.52 bits per heavy atom. The third-order valence-corrected chi connectivity index (χ3v) is 5.59. The van der Waals surface area contributed by atoms with Crippen LogP contribution in [0.5, 0.6) is 0 Å².